The third-order valence-corrected chi connectivity index (χ3v) is 4.77. The van der Waals surface area contributed by atoms with Crippen molar-refractivity contribution in [3.05, 3.63) is 34.9 Å². The molecule has 0 radical (unpaired) electrons. The molecule has 118 valence electrons. The third-order valence-electron chi connectivity index (χ3n) is 4.77. The normalized spacial score (nSPS) is 22.5. The van der Waals surface area contributed by atoms with Gasteiger partial charge in [-0.1, -0.05) is 24.6 Å². The summed E-state index contributed by atoms with van der Waals surface area (Å²) in [5.74, 6) is 0.639. The van der Waals surface area contributed by atoms with Gasteiger partial charge in [-0.2, -0.15) is 0 Å². The number of hydrogen-bond acceptors (Lipinski definition) is 2. The molecular formula is C17H27ClN2O. The number of amides is 1. The van der Waals surface area contributed by atoms with E-state index in [1.54, 1.807) is 0 Å². The highest BCUT2D eigenvalue weighted by Gasteiger charge is 2.32. The number of hydrogen-bond donors (Lipinski definition) is 2. The van der Waals surface area contributed by atoms with Crippen molar-refractivity contribution in [2.75, 3.05) is 6.54 Å². The monoisotopic (exact) mass is 310 g/mol. The van der Waals surface area contributed by atoms with E-state index in [1.165, 1.54) is 16.7 Å². The van der Waals surface area contributed by atoms with Gasteiger partial charge in [0.05, 0.1) is 6.04 Å². The number of halogens is 1. The number of nitrogens with one attached hydrogen (secondary N) is 1. The van der Waals surface area contributed by atoms with Gasteiger partial charge in [0.1, 0.15) is 0 Å². The summed E-state index contributed by atoms with van der Waals surface area (Å²) in [6, 6.07) is 6.32. The van der Waals surface area contributed by atoms with Crippen molar-refractivity contribution in [2.45, 2.75) is 46.1 Å². The first kappa shape index (κ1) is 18.0. The number of carbonyl (C=O) groups is 1. The molecule has 3 N–H and O–H groups in total. The molecule has 0 bridgehead atoms. The molecule has 4 heteroatoms. The first-order valence-electron chi connectivity index (χ1n) is 7.61. The van der Waals surface area contributed by atoms with E-state index < -0.39 is 0 Å². The molecule has 3 nitrogen and oxygen atoms in total. The van der Waals surface area contributed by atoms with E-state index in [-0.39, 0.29) is 30.3 Å². The Labute approximate surface area is 134 Å². The minimum absolute atomic E-state index is 0. The average molecular weight is 311 g/mol. The Morgan fingerprint density at radius 1 is 1.38 bits per heavy atom. The zero-order valence-corrected chi connectivity index (χ0v) is 14.0. The summed E-state index contributed by atoms with van der Waals surface area (Å²) >= 11 is 0. The Kier molecular flexibility index (Phi) is 6.69. The van der Waals surface area contributed by atoms with Crippen molar-refractivity contribution < 1.29 is 4.79 Å². The zero-order chi connectivity index (χ0) is 14.7. The van der Waals surface area contributed by atoms with Crippen molar-refractivity contribution in [3.63, 3.8) is 0 Å². The van der Waals surface area contributed by atoms with Crippen LogP contribution in [0.1, 0.15) is 48.9 Å². The van der Waals surface area contributed by atoms with Crippen LogP contribution in [-0.2, 0) is 4.79 Å². The van der Waals surface area contributed by atoms with E-state index in [4.69, 9.17) is 5.73 Å². The van der Waals surface area contributed by atoms with Gasteiger partial charge in [-0.15, -0.1) is 12.4 Å². The van der Waals surface area contributed by atoms with Gasteiger partial charge in [0.25, 0.3) is 0 Å². The van der Waals surface area contributed by atoms with Crippen LogP contribution in [0.2, 0.25) is 0 Å². The van der Waals surface area contributed by atoms with Crippen LogP contribution in [0.4, 0.5) is 0 Å². The maximum absolute atomic E-state index is 12.4. The Morgan fingerprint density at radius 3 is 2.76 bits per heavy atom. The highest BCUT2D eigenvalue weighted by Crippen LogP contribution is 2.31. The number of carbonyl (C=O) groups excluding carboxylic acids is 1. The van der Waals surface area contributed by atoms with E-state index in [2.05, 4.69) is 44.3 Å². The number of benzene rings is 1. The van der Waals surface area contributed by atoms with E-state index in [1.807, 2.05) is 0 Å². The highest BCUT2D eigenvalue weighted by atomic mass is 35.5. The van der Waals surface area contributed by atoms with Gasteiger partial charge >= 0.3 is 0 Å². The molecule has 21 heavy (non-hydrogen) atoms. The molecule has 0 saturated heterocycles. The van der Waals surface area contributed by atoms with Crippen LogP contribution in [0.3, 0.4) is 0 Å². The molecule has 1 aromatic rings. The molecule has 2 rings (SSSR count). The lowest BCUT2D eigenvalue weighted by Crippen LogP contribution is -2.36. The summed E-state index contributed by atoms with van der Waals surface area (Å²) in [5, 5.41) is 3.18. The number of nitrogens with two attached hydrogens (primary N) is 1. The molecule has 1 aliphatic rings. The van der Waals surface area contributed by atoms with Crippen molar-refractivity contribution in [1.82, 2.24) is 5.32 Å². The Hall–Kier alpha value is -1.06. The van der Waals surface area contributed by atoms with E-state index in [0.717, 1.165) is 19.3 Å². The molecule has 1 amide bonds. The van der Waals surface area contributed by atoms with Crippen molar-refractivity contribution >= 4 is 18.3 Å². The minimum atomic E-state index is 0. The fourth-order valence-electron chi connectivity index (χ4n) is 3.31. The lowest BCUT2D eigenvalue weighted by Gasteiger charge is -2.22. The Bertz CT molecular complexity index is 490. The van der Waals surface area contributed by atoms with Crippen LogP contribution in [-0.4, -0.2) is 12.5 Å². The molecule has 0 spiro atoms. The zero-order valence-electron chi connectivity index (χ0n) is 13.2. The fraction of sp³-hybridized carbons (Fsp3) is 0.588. The smallest absolute Gasteiger partial charge is 0.223 e. The topological polar surface area (TPSA) is 55.1 Å². The standard InChI is InChI=1S/C17H26N2O.ClH/c1-11-6-4-8-15(12(11)2)13(3)19-17(20)16-9-5-7-14(16)10-18;/h4,6,8,13-14,16H,5,7,9-10,18H2,1-3H3,(H,19,20);1H/t13?,14-,16-;/m1./s1. The SMILES string of the molecule is Cc1cccc(C(C)NC(=O)[C@@H]2CCC[C@@H]2CN)c1C.Cl. The van der Waals surface area contributed by atoms with Crippen LogP contribution in [0.15, 0.2) is 18.2 Å². The van der Waals surface area contributed by atoms with Gasteiger partial charge < -0.3 is 11.1 Å². The van der Waals surface area contributed by atoms with Crippen LogP contribution in [0, 0.1) is 25.7 Å². The maximum atomic E-state index is 12.4. The van der Waals surface area contributed by atoms with Gasteiger partial charge in [-0.25, -0.2) is 0 Å². The number of aryl methyl sites for hydroxylation is 1. The Morgan fingerprint density at radius 2 is 2.10 bits per heavy atom. The van der Waals surface area contributed by atoms with Crippen LogP contribution in [0.25, 0.3) is 0 Å². The molecule has 1 saturated carbocycles. The van der Waals surface area contributed by atoms with Crippen LogP contribution in [0.5, 0.6) is 0 Å². The summed E-state index contributed by atoms with van der Waals surface area (Å²) < 4.78 is 0. The summed E-state index contributed by atoms with van der Waals surface area (Å²) in [7, 11) is 0. The first-order chi connectivity index (χ1) is 9.54. The first-order valence-corrected chi connectivity index (χ1v) is 7.61. The summed E-state index contributed by atoms with van der Waals surface area (Å²) in [6.07, 6.45) is 3.19. The molecule has 0 heterocycles. The molecule has 1 fully saturated rings. The molecule has 0 aliphatic heterocycles. The lowest BCUT2D eigenvalue weighted by atomic mass is 9.93. The van der Waals surface area contributed by atoms with E-state index in [0.29, 0.717) is 12.5 Å². The van der Waals surface area contributed by atoms with E-state index >= 15 is 0 Å². The highest BCUT2D eigenvalue weighted by molar-refractivity contribution is 5.85. The second kappa shape index (κ2) is 7.81. The largest absolute Gasteiger partial charge is 0.349 e. The molecule has 1 aliphatic carbocycles. The lowest BCUT2D eigenvalue weighted by molar-refractivity contribution is -0.126. The van der Waals surface area contributed by atoms with Crippen molar-refractivity contribution in [3.8, 4) is 0 Å². The quantitative estimate of drug-likeness (QED) is 0.896. The second-order valence-electron chi connectivity index (χ2n) is 6.05. The van der Waals surface area contributed by atoms with Crippen LogP contribution >= 0.6 is 12.4 Å². The maximum Gasteiger partial charge on any atom is 0.223 e. The van der Waals surface area contributed by atoms with E-state index in [9.17, 15) is 4.79 Å². The predicted molar refractivity (Wildman–Crippen MR) is 89.6 cm³/mol. The van der Waals surface area contributed by atoms with Gasteiger partial charge in [0.15, 0.2) is 0 Å². The summed E-state index contributed by atoms with van der Waals surface area (Å²) in [6.45, 7) is 6.91. The molecule has 1 aromatic carbocycles. The summed E-state index contributed by atoms with van der Waals surface area (Å²) in [4.78, 5) is 12.4. The third kappa shape index (κ3) is 3.98. The molecule has 1 unspecified atom stereocenters. The van der Waals surface area contributed by atoms with Gasteiger partial charge in [-0.3, -0.25) is 4.79 Å². The fourth-order valence-corrected chi connectivity index (χ4v) is 3.31. The second-order valence-corrected chi connectivity index (χ2v) is 6.05. The summed E-state index contributed by atoms with van der Waals surface area (Å²) in [5.41, 5.74) is 9.51. The van der Waals surface area contributed by atoms with Gasteiger partial charge in [-0.05, 0) is 62.8 Å². The van der Waals surface area contributed by atoms with Crippen molar-refractivity contribution in [1.29, 1.82) is 0 Å². The van der Waals surface area contributed by atoms with Gasteiger partial charge in [0, 0.05) is 5.92 Å². The van der Waals surface area contributed by atoms with Crippen LogP contribution < -0.4 is 11.1 Å². The van der Waals surface area contributed by atoms with Crippen molar-refractivity contribution in [2.24, 2.45) is 17.6 Å². The molecule has 3 atom stereocenters. The predicted octanol–water partition coefficient (Wildman–Crippen LogP) is 3.28. The molecule has 0 aromatic heterocycles. The molecular weight excluding hydrogens is 284 g/mol. The van der Waals surface area contributed by atoms with Gasteiger partial charge in [0.2, 0.25) is 5.91 Å². The average Bonchev–Trinajstić information content (AvgIpc) is 2.90. The Balaban J connectivity index is 0.00000220. The minimum Gasteiger partial charge on any atom is -0.349 e. The number of rotatable bonds is 4.